The topological polar surface area (TPSA) is 85.7 Å². The van der Waals surface area contributed by atoms with Gasteiger partial charge in [0.1, 0.15) is 6.07 Å². The van der Waals surface area contributed by atoms with E-state index in [0.29, 0.717) is 23.1 Å². The van der Waals surface area contributed by atoms with Crippen LogP contribution in [0.2, 0.25) is 0 Å². The van der Waals surface area contributed by atoms with E-state index < -0.39 is 0 Å². The maximum absolute atomic E-state index is 12.4. The molecule has 7 nitrogen and oxygen atoms in total. The summed E-state index contributed by atoms with van der Waals surface area (Å²) in [5.74, 6) is 0.530. The van der Waals surface area contributed by atoms with E-state index in [9.17, 15) is 10.1 Å². The Balaban J connectivity index is 1.76. The van der Waals surface area contributed by atoms with Crippen LogP contribution in [0.3, 0.4) is 0 Å². The number of halogens is 1. The first-order chi connectivity index (χ1) is 15.5. The summed E-state index contributed by atoms with van der Waals surface area (Å²) in [6, 6.07) is 7.10. The number of rotatable bonds is 5. The van der Waals surface area contributed by atoms with Crippen molar-refractivity contribution in [1.29, 1.82) is 5.26 Å². The number of ether oxygens (including phenoxy) is 1. The van der Waals surface area contributed by atoms with Crippen molar-refractivity contribution in [3.05, 3.63) is 88.2 Å². The smallest absolute Gasteiger partial charge is 0.250 e. The molecule has 0 saturated heterocycles. The van der Waals surface area contributed by atoms with Crippen molar-refractivity contribution >= 4 is 11.6 Å². The number of hydrogen-bond acceptors (Lipinski definition) is 5. The van der Waals surface area contributed by atoms with Crippen LogP contribution in [0.4, 0.5) is 0 Å². The zero-order valence-electron chi connectivity index (χ0n) is 17.6. The maximum Gasteiger partial charge on any atom is 0.250 e. The third-order valence-corrected chi connectivity index (χ3v) is 5.38. The first kappa shape index (κ1) is 21.3. The van der Waals surface area contributed by atoms with E-state index in [-0.39, 0.29) is 11.6 Å². The summed E-state index contributed by atoms with van der Waals surface area (Å²) in [6.45, 7) is 2.43. The standard InChI is InChI=1S/C24H20ClN5O2/c1-3-32-23-8-7-16(12-27-23)20-10-24(31)29(2)15-21(20)18-13-28-30(14-18)19-5-4-6-22(25)17(9-19)11-26/h4-10,12-15,19H,3H2,1-2H3. The molecule has 0 amide bonds. The van der Waals surface area contributed by atoms with Crippen molar-refractivity contribution in [2.75, 3.05) is 6.61 Å². The molecule has 0 spiro atoms. The largest absolute Gasteiger partial charge is 0.478 e. The lowest BCUT2D eigenvalue weighted by Crippen LogP contribution is -2.15. The fourth-order valence-electron chi connectivity index (χ4n) is 3.42. The van der Waals surface area contributed by atoms with Gasteiger partial charge in [-0.2, -0.15) is 10.4 Å². The lowest BCUT2D eigenvalue weighted by atomic mass is 9.99. The van der Waals surface area contributed by atoms with Gasteiger partial charge < -0.3 is 9.30 Å². The van der Waals surface area contributed by atoms with Gasteiger partial charge in [0.05, 0.1) is 29.5 Å². The highest BCUT2D eigenvalue weighted by molar-refractivity contribution is 6.32. The minimum Gasteiger partial charge on any atom is -0.478 e. The van der Waals surface area contributed by atoms with Crippen LogP contribution in [0.15, 0.2) is 82.7 Å². The van der Waals surface area contributed by atoms with Gasteiger partial charge in [-0.15, -0.1) is 0 Å². The van der Waals surface area contributed by atoms with Crippen molar-refractivity contribution in [1.82, 2.24) is 19.3 Å². The van der Waals surface area contributed by atoms with E-state index >= 15 is 0 Å². The van der Waals surface area contributed by atoms with Crippen molar-refractivity contribution in [3.63, 3.8) is 0 Å². The number of pyridine rings is 2. The monoisotopic (exact) mass is 445 g/mol. The second kappa shape index (κ2) is 9.08. The molecule has 0 bridgehead atoms. The normalized spacial score (nSPS) is 15.5. The Bertz CT molecular complexity index is 1340. The van der Waals surface area contributed by atoms with E-state index in [1.54, 1.807) is 60.7 Å². The first-order valence-corrected chi connectivity index (χ1v) is 10.4. The Morgan fingerprint density at radius 1 is 1.22 bits per heavy atom. The highest BCUT2D eigenvalue weighted by Gasteiger charge is 2.16. The van der Waals surface area contributed by atoms with Gasteiger partial charge in [-0.3, -0.25) is 9.48 Å². The minimum absolute atomic E-state index is 0.126. The third-order valence-electron chi connectivity index (χ3n) is 5.05. The quantitative estimate of drug-likeness (QED) is 0.581. The maximum atomic E-state index is 12.4. The van der Waals surface area contributed by atoms with E-state index in [1.807, 2.05) is 25.3 Å². The van der Waals surface area contributed by atoms with Crippen LogP contribution < -0.4 is 10.3 Å². The van der Waals surface area contributed by atoms with Gasteiger partial charge in [-0.1, -0.05) is 23.8 Å². The van der Waals surface area contributed by atoms with E-state index in [4.69, 9.17) is 16.3 Å². The zero-order valence-corrected chi connectivity index (χ0v) is 18.3. The molecule has 1 aliphatic rings. The minimum atomic E-state index is -0.269. The molecule has 1 aliphatic carbocycles. The molecule has 0 aliphatic heterocycles. The average molecular weight is 446 g/mol. The highest BCUT2D eigenvalue weighted by Crippen LogP contribution is 2.32. The molecular formula is C24H20ClN5O2. The van der Waals surface area contributed by atoms with Crippen LogP contribution in [0.5, 0.6) is 5.88 Å². The fraction of sp³-hybridized carbons (Fsp3) is 0.167. The fourth-order valence-corrected chi connectivity index (χ4v) is 3.59. The molecule has 3 aromatic rings. The Morgan fingerprint density at radius 2 is 2.06 bits per heavy atom. The summed E-state index contributed by atoms with van der Waals surface area (Å²) < 4.78 is 8.70. The first-order valence-electron chi connectivity index (χ1n) is 10.0. The van der Waals surface area contributed by atoms with E-state index in [1.165, 1.54) is 4.57 Å². The number of nitriles is 1. The molecule has 8 heteroatoms. The average Bonchev–Trinajstić information content (AvgIpc) is 3.20. The van der Waals surface area contributed by atoms with Gasteiger partial charge in [-0.05, 0) is 30.7 Å². The SMILES string of the molecule is CCOc1ccc(-c2cc(=O)n(C)cc2-c2cnn(C3C=CC=C(Cl)C(C#N)=C3)c2)cn1. The molecule has 1 unspecified atom stereocenters. The Labute approximate surface area is 190 Å². The van der Waals surface area contributed by atoms with Crippen LogP contribution >= 0.6 is 11.6 Å². The molecule has 0 radical (unpaired) electrons. The van der Waals surface area contributed by atoms with Gasteiger partial charge >= 0.3 is 0 Å². The Kier molecular flexibility index (Phi) is 6.06. The molecule has 0 N–H and O–H groups in total. The molecule has 0 aromatic carbocycles. The Hall–Kier alpha value is -3.89. The van der Waals surface area contributed by atoms with Crippen molar-refractivity contribution in [2.24, 2.45) is 7.05 Å². The number of hydrogen-bond donors (Lipinski definition) is 0. The number of aromatic nitrogens is 4. The van der Waals surface area contributed by atoms with Crippen molar-refractivity contribution < 1.29 is 4.74 Å². The van der Waals surface area contributed by atoms with Gasteiger partial charge in [0.15, 0.2) is 0 Å². The highest BCUT2D eigenvalue weighted by atomic mass is 35.5. The Morgan fingerprint density at radius 3 is 2.78 bits per heavy atom. The summed E-state index contributed by atoms with van der Waals surface area (Å²) >= 11 is 6.14. The van der Waals surface area contributed by atoms with Crippen LogP contribution in [0.1, 0.15) is 13.0 Å². The van der Waals surface area contributed by atoms with E-state index in [2.05, 4.69) is 16.2 Å². The number of aryl methyl sites for hydroxylation is 1. The summed E-state index contributed by atoms with van der Waals surface area (Å²) in [5.41, 5.74) is 3.47. The van der Waals surface area contributed by atoms with Gasteiger partial charge in [0.25, 0.3) is 5.56 Å². The van der Waals surface area contributed by atoms with Crippen LogP contribution in [0, 0.1) is 11.3 Å². The molecule has 32 heavy (non-hydrogen) atoms. The lowest BCUT2D eigenvalue weighted by Gasteiger charge is -2.11. The predicted molar refractivity (Wildman–Crippen MR) is 123 cm³/mol. The summed E-state index contributed by atoms with van der Waals surface area (Å²) in [7, 11) is 1.71. The molecule has 1 atom stereocenters. The van der Waals surface area contributed by atoms with Crippen LogP contribution in [0.25, 0.3) is 22.3 Å². The predicted octanol–water partition coefficient (Wildman–Crippen LogP) is 4.39. The van der Waals surface area contributed by atoms with Crippen molar-refractivity contribution in [3.8, 4) is 34.2 Å². The van der Waals surface area contributed by atoms with Crippen LogP contribution in [-0.2, 0) is 7.05 Å². The number of allylic oxidation sites excluding steroid dienone is 6. The molecule has 160 valence electrons. The summed E-state index contributed by atoms with van der Waals surface area (Å²) in [4.78, 5) is 16.7. The lowest BCUT2D eigenvalue weighted by molar-refractivity contribution is 0.327. The molecular weight excluding hydrogens is 426 g/mol. The second-order valence-corrected chi connectivity index (χ2v) is 7.57. The molecule has 3 aromatic heterocycles. The zero-order chi connectivity index (χ0) is 22.7. The number of nitrogens with zero attached hydrogens (tertiary/aromatic N) is 5. The third kappa shape index (κ3) is 4.27. The molecule has 0 saturated carbocycles. The van der Waals surface area contributed by atoms with Crippen LogP contribution in [-0.4, -0.2) is 25.9 Å². The van der Waals surface area contributed by atoms with Gasteiger partial charge in [-0.25, -0.2) is 4.98 Å². The molecule has 3 heterocycles. The van der Waals surface area contributed by atoms with E-state index in [0.717, 1.165) is 22.3 Å². The van der Waals surface area contributed by atoms with Gasteiger partial charge in [0.2, 0.25) is 5.88 Å². The summed E-state index contributed by atoms with van der Waals surface area (Å²) in [5, 5.41) is 14.2. The second-order valence-electron chi connectivity index (χ2n) is 7.16. The van der Waals surface area contributed by atoms with Crippen molar-refractivity contribution in [2.45, 2.75) is 13.0 Å². The summed E-state index contributed by atoms with van der Waals surface area (Å²) in [6.07, 6.45) is 14.2. The molecule has 4 rings (SSSR count). The molecule has 0 fully saturated rings. The van der Waals surface area contributed by atoms with Gasteiger partial charge in [0, 0.05) is 54.5 Å².